The number of aromatic nitrogens is 2. The largest absolute Gasteiger partial charge is 0.454 e. The molecule has 11 nitrogen and oxygen atoms in total. The normalized spacial score (nSPS) is 15.3. The van der Waals surface area contributed by atoms with Gasteiger partial charge in [-0.2, -0.15) is 0 Å². The average Bonchev–Trinajstić information content (AvgIpc) is 3.31. The molecule has 0 spiro atoms. The lowest BCUT2D eigenvalue weighted by Crippen LogP contribution is -2.46. The highest BCUT2D eigenvalue weighted by Crippen LogP contribution is 2.34. The Morgan fingerprint density at radius 1 is 0.970 bits per heavy atom. The van der Waals surface area contributed by atoms with Crippen molar-refractivity contribution < 1.29 is 14.4 Å². The summed E-state index contributed by atoms with van der Waals surface area (Å²) in [6.45, 7) is 3.76. The third kappa shape index (κ3) is 4.58. The third-order valence-electron chi connectivity index (χ3n) is 5.60. The second-order valence-corrected chi connectivity index (χ2v) is 7.72. The maximum absolute atomic E-state index is 11.9. The Hall–Kier alpha value is -4.12. The Bertz CT molecular complexity index is 1140. The molecule has 0 atom stereocenters. The zero-order valence-corrected chi connectivity index (χ0v) is 17.8. The number of nitro groups is 1. The number of hydrogen-bond acceptors (Lipinski definition) is 10. The Labute approximate surface area is 190 Å². The molecule has 0 saturated carbocycles. The van der Waals surface area contributed by atoms with E-state index in [0.717, 1.165) is 42.4 Å². The summed E-state index contributed by atoms with van der Waals surface area (Å²) >= 11 is 0. The van der Waals surface area contributed by atoms with Gasteiger partial charge in [0.1, 0.15) is 6.33 Å². The van der Waals surface area contributed by atoms with Crippen LogP contribution < -0.4 is 25.2 Å². The fourth-order valence-corrected chi connectivity index (χ4v) is 3.93. The predicted molar refractivity (Wildman–Crippen MR) is 122 cm³/mol. The maximum Gasteiger partial charge on any atom is 0.355 e. The molecule has 170 valence electrons. The first-order chi connectivity index (χ1) is 16.2. The van der Waals surface area contributed by atoms with Crippen molar-refractivity contribution in [2.75, 3.05) is 48.7 Å². The van der Waals surface area contributed by atoms with Crippen LogP contribution in [0.15, 0.2) is 54.9 Å². The van der Waals surface area contributed by atoms with Gasteiger partial charge in [0.15, 0.2) is 11.5 Å². The van der Waals surface area contributed by atoms with Crippen LogP contribution in [-0.4, -0.2) is 52.8 Å². The highest BCUT2D eigenvalue weighted by molar-refractivity contribution is 5.71. The van der Waals surface area contributed by atoms with E-state index in [4.69, 9.17) is 9.47 Å². The van der Waals surface area contributed by atoms with Crippen LogP contribution >= 0.6 is 0 Å². The Morgan fingerprint density at radius 2 is 1.76 bits per heavy atom. The molecule has 0 unspecified atom stereocenters. The molecule has 0 amide bonds. The van der Waals surface area contributed by atoms with Crippen molar-refractivity contribution in [2.45, 2.75) is 6.54 Å². The van der Waals surface area contributed by atoms with Gasteiger partial charge in [0, 0.05) is 32.7 Å². The lowest BCUT2D eigenvalue weighted by molar-refractivity contribution is -0.383. The lowest BCUT2D eigenvalue weighted by atomic mass is 10.1. The van der Waals surface area contributed by atoms with Gasteiger partial charge in [0.05, 0.1) is 10.6 Å². The average molecular weight is 449 g/mol. The number of nitrogens with one attached hydrogen (secondary N) is 2. The van der Waals surface area contributed by atoms with E-state index in [1.807, 2.05) is 53.4 Å². The SMILES string of the molecule is O=[N+]([O-])c1c(NNc2ccccc2)ncnc1N1CCN(Cc2ccc3c(c2)OCO3)CC1. The van der Waals surface area contributed by atoms with Gasteiger partial charge in [-0.15, -0.1) is 0 Å². The summed E-state index contributed by atoms with van der Waals surface area (Å²) in [5.74, 6) is 1.98. The Kier molecular flexibility index (Phi) is 5.77. The monoisotopic (exact) mass is 449 g/mol. The molecule has 33 heavy (non-hydrogen) atoms. The number of hydrogen-bond donors (Lipinski definition) is 2. The van der Waals surface area contributed by atoms with Crippen LogP contribution in [0, 0.1) is 10.1 Å². The van der Waals surface area contributed by atoms with Crippen molar-refractivity contribution in [3.05, 3.63) is 70.5 Å². The molecule has 0 aliphatic carbocycles. The molecule has 11 heteroatoms. The maximum atomic E-state index is 11.9. The Balaban J connectivity index is 1.25. The van der Waals surface area contributed by atoms with Crippen molar-refractivity contribution in [2.24, 2.45) is 0 Å². The summed E-state index contributed by atoms with van der Waals surface area (Å²) in [6, 6.07) is 15.3. The number of hydrazine groups is 1. The predicted octanol–water partition coefficient (Wildman–Crippen LogP) is 2.87. The zero-order chi connectivity index (χ0) is 22.6. The fourth-order valence-electron chi connectivity index (χ4n) is 3.93. The van der Waals surface area contributed by atoms with Gasteiger partial charge in [-0.25, -0.2) is 9.97 Å². The minimum absolute atomic E-state index is 0.122. The molecular formula is C22H23N7O4. The smallest absolute Gasteiger partial charge is 0.355 e. The summed E-state index contributed by atoms with van der Waals surface area (Å²) in [4.78, 5) is 24.0. The second kappa shape index (κ2) is 9.17. The van der Waals surface area contributed by atoms with Gasteiger partial charge < -0.3 is 14.4 Å². The molecule has 1 fully saturated rings. The number of rotatable bonds is 7. The first-order valence-electron chi connectivity index (χ1n) is 10.6. The van der Waals surface area contributed by atoms with Crippen LogP contribution in [0.1, 0.15) is 5.56 Å². The van der Waals surface area contributed by atoms with Crippen molar-refractivity contribution in [1.82, 2.24) is 14.9 Å². The molecule has 3 aromatic rings. The van der Waals surface area contributed by atoms with E-state index in [1.54, 1.807) is 0 Å². The first kappa shape index (κ1) is 20.8. The van der Waals surface area contributed by atoms with E-state index < -0.39 is 4.92 Å². The number of para-hydroxylation sites is 1. The summed E-state index contributed by atoms with van der Waals surface area (Å²) in [6.07, 6.45) is 1.34. The quantitative estimate of drug-likeness (QED) is 0.412. The van der Waals surface area contributed by atoms with Crippen molar-refractivity contribution in [3.8, 4) is 11.5 Å². The van der Waals surface area contributed by atoms with E-state index in [0.29, 0.717) is 18.9 Å². The molecular weight excluding hydrogens is 426 g/mol. The summed E-state index contributed by atoms with van der Waals surface area (Å²) < 4.78 is 10.8. The molecule has 0 radical (unpaired) electrons. The molecule has 2 aliphatic rings. The number of nitrogens with zero attached hydrogens (tertiary/aromatic N) is 5. The minimum atomic E-state index is -0.441. The van der Waals surface area contributed by atoms with Crippen LogP contribution in [0.25, 0.3) is 0 Å². The van der Waals surface area contributed by atoms with Gasteiger partial charge in [-0.3, -0.25) is 25.9 Å². The number of anilines is 3. The number of fused-ring (bicyclic) bond motifs is 1. The Morgan fingerprint density at radius 3 is 2.55 bits per heavy atom. The van der Waals surface area contributed by atoms with Crippen LogP contribution in [0.3, 0.4) is 0 Å². The van der Waals surface area contributed by atoms with E-state index in [-0.39, 0.29) is 18.3 Å². The van der Waals surface area contributed by atoms with Crippen LogP contribution in [0.4, 0.5) is 23.0 Å². The molecule has 1 aromatic heterocycles. The summed E-state index contributed by atoms with van der Waals surface area (Å²) in [7, 11) is 0. The van der Waals surface area contributed by atoms with Crippen molar-refractivity contribution >= 4 is 23.0 Å². The molecule has 0 bridgehead atoms. The number of ether oxygens (including phenoxy) is 2. The van der Waals surface area contributed by atoms with E-state index in [9.17, 15) is 10.1 Å². The zero-order valence-electron chi connectivity index (χ0n) is 17.8. The molecule has 2 aliphatic heterocycles. The highest BCUT2D eigenvalue weighted by atomic mass is 16.7. The topological polar surface area (TPSA) is 118 Å². The van der Waals surface area contributed by atoms with Gasteiger partial charge in [0.25, 0.3) is 0 Å². The molecule has 1 saturated heterocycles. The second-order valence-electron chi connectivity index (χ2n) is 7.72. The molecule has 2 aromatic carbocycles. The molecule has 2 N–H and O–H groups in total. The van der Waals surface area contributed by atoms with Gasteiger partial charge >= 0.3 is 5.69 Å². The minimum Gasteiger partial charge on any atom is -0.454 e. The van der Waals surface area contributed by atoms with Gasteiger partial charge in [-0.1, -0.05) is 24.3 Å². The van der Waals surface area contributed by atoms with E-state index >= 15 is 0 Å². The number of benzene rings is 2. The van der Waals surface area contributed by atoms with E-state index in [2.05, 4.69) is 25.7 Å². The van der Waals surface area contributed by atoms with Crippen LogP contribution in [0.5, 0.6) is 11.5 Å². The lowest BCUT2D eigenvalue weighted by Gasteiger charge is -2.35. The fraction of sp³-hybridized carbons (Fsp3) is 0.273. The summed E-state index contributed by atoms with van der Waals surface area (Å²) in [5.41, 5.74) is 7.56. The van der Waals surface area contributed by atoms with Crippen LogP contribution in [-0.2, 0) is 6.54 Å². The third-order valence-corrected chi connectivity index (χ3v) is 5.60. The van der Waals surface area contributed by atoms with Crippen molar-refractivity contribution in [3.63, 3.8) is 0 Å². The standard InChI is InChI=1S/C22H23N7O4/c30-29(31)20-21(26-25-17-4-2-1-3-5-17)23-14-24-22(20)28-10-8-27(9-11-28)13-16-6-7-18-19(12-16)33-15-32-18/h1-7,12,14,25H,8-11,13,15H2,(H,23,24,26). The van der Waals surface area contributed by atoms with Crippen molar-refractivity contribution in [1.29, 1.82) is 0 Å². The highest BCUT2D eigenvalue weighted by Gasteiger charge is 2.29. The van der Waals surface area contributed by atoms with Crippen LogP contribution in [0.2, 0.25) is 0 Å². The van der Waals surface area contributed by atoms with E-state index in [1.165, 1.54) is 6.33 Å². The molecule has 3 heterocycles. The number of piperazine rings is 1. The van der Waals surface area contributed by atoms with Gasteiger partial charge in [0.2, 0.25) is 18.4 Å². The summed E-state index contributed by atoms with van der Waals surface area (Å²) in [5, 5.41) is 11.9. The van der Waals surface area contributed by atoms with Gasteiger partial charge in [-0.05, 0) is 29.8 Å². The molecule has 5 rings (SSSR count). The first-order valence-corrected chi connectivity index (χ1v) is 10.6.